The molecule has 2 rings (SSSR count). The molecule has 2 fully saturated rings. The van der Waals surface area contributed by atoms with Gasteiger partial charge in [-0.2, -0.15) is 0 Å². The Labute approximate surface area is 113 Å². The first-order valence-electron chi connectivity index (χ1n) is 8.13. The molecule has 0 aromatic carbocycles. The van der Waals surface area contributed by atoms with Crippen molar-refractivity contribution in [2.24, 2.45) is 0 Å². The molecule has 1 aliphatic carbocycles. The quantitative estimate of drug-likeness (QED) is 0.771. The van der Waals surface area contributed by atoms with Gasteiger partial charge in [0.1, 0.15) is 0 Å². The van der Waals surface area contributed by atoms with Crippen LogP contribution in [0.3, 0.4) is 0 Å². The van der Waals surface area contributed by atoms with E-state index in [9.17, 15) is 0 Å². The summed E-state index contributed by atoms with van der Waals surface area (Å²) in [5.74, 6) is 0. The van der Waals surface area contributed by atoms with Gasteiger partial charge in [-0.15, -0.1) is 0 Å². The summed E-state index contributed by atoms with van der Waals surface area (Å²) in [6.45, 7) is 2.27. The van der Waals surface area contributed by atoms with Gasteiger partial charge in [0.2, 0.25) is 0 Å². The highest BCUT2D eigenvalue weighted by atomic mass is 16.5. The van der Waals surface area contributed by atoms with E-state index < -0.39 is 0 Å². The van der Waals surface area contributed by atoms with Crippen LogP contribution in [0.15, 0.2) is 0 Å². The highest BCUT2D eigenvalue weighted by molar-refractivity contribution is 4.91. The second-order valence-electron chi connectivity index (χ2n) is 6.37. The van der Waals surface area contributed by atoms with E-state index in [1.165, 1.54) is 70.6 Å². The molecule has 2 nitrogen and oxygen atoms in total. The molecule has 1 saturated heterocycles. The highest BCUT2D eigenvalue weighted by Crippen LogP contribution is 2.42. The zero-order valence-electron chi connectivity index (χ0n) is 12.3. The lowest BCUT2D eigenvalue weighted by Gasteiger charge is -2.33. The van der Waals surface area contributed by atoms with Crippen molar-refractivity contribution in [1.82, 2.24) is 5.32 Å². The molecule has 1 saturated carbocycles. The van der Waals surface area contributed by atoms with Crippen LogP contribution in [0.1, 0.15) is 77.6 Å². The third-order valence-corrected chi connectivity index (χ3v) is 4.99. The summed E-state index contributed by atoms with van der Waals surface area (Å²) in [5, 5.41) is 3.44. The van der Waals surface area contributed by atoms with Crippen LogP contribution in [-0.4, -0.2) is 24.8 Å². The summed E-state index contributed by atoms with van der Waals surface area (Å²) in [5.41, 5.74) is 0.308. The standard InChI is InChI=1S/C16H31NO/c1-3-7-14(17-2)8-9-15-10-13-16(18-15)11-5-4-6-12-16/h14-15,17H,3-13H2,1-2H3. The highest BCUT2D eigenvalue weighted by Gasteiger charge is 2.40. The van der Waals surface area contributed by atoms with E-state index in [1.807, 2.05) is 0 Å². The molecule has 1 spiro atoms. The van der Waals surface area contributed by atoms with Crippen LogP contribution in [0.4, 0.5) is 0 Å². The van der Waals surface area contributed by atoms with Crippen molar-refractivity contribution in [1.29, 1.82) is 0 Å². The fraction of sp³-hybridized carbons (Fsp3) is 1.00. The lowest BCUT2D eigenvalue weighted by Crippen LogP contribution is -2.32. The number of hydrogen-bond donors (Lipinski definition) is 1. The van der Waals surface area contributed by atoms with E-state index >= 15 is 0 Å². The second-order valence-corrected chi connectivity index (χ2v) is 6.37. The van der Waals surface area contributed by atoms with Crippen LogP contribution in [0.5, 0.6) is 0 Å². The van der Waals surface area contributed by atoms with Crippen molar-refractivity contribution < 1.29 is 4.74 Å². The van der Waals surface area contributed by atoms with E-state index in [-0.39, 0.29) is 0 Å². The summed E-state index contributed by atoms with van der Waals surface area (Å²) in [6.07, 6.45) is 15.2. The zero-order chi connectivity index (χ0) is 12.8. The normalized spacial score (nSPS) is 28.7. The van der Waals surface area contributed by atoms with Gasteiger partial charge in [0.15, 0.2) is 0 Å². The molecule has 1 heterocycles. The van der Waals surface area contributed by atoms with Crippen LogP contribution in [0.2, 0.25) is 0 Å². The number of hydrogen-bond acceptors (Lipinski definition) is 2. The first kappa shape index (κ1) is 14.3. The van der Waals surface area contributed by atoms with E-state index in [4.69, 9.17) is 4.74 Å². The third kappa shape index (κ3) is 3.71. The molecule has 0 radical (unpaired) electrons. The van der Waals surface area contributed by atoms with Crippen molar-refractivity contribution in [3.05, 3.63) is 0 Å². The Hall–Kier alpha value is -0.0800. The van der Waals surface area contributed by atoms with Crippen LogP contribution in [0, 0.1) is 0 Å². The zero-order valence-corrected chi connectivity index (χ0v) is 12.3. The van der Waals surface area contributed by atoms with Crippen molar-refractivity contribution in [2.75, 3.05) is 7.05 Å². The van der Waals surface area contributed by atoms with Crippen LogP contribution >= 0.6 is 0 Å². The Balaban J connectivity index is 1.72. The van der Waals surface area contributed by atoms with Gasteiger partial charge in [-0.1, -0.05) is 32.6 Å². The lowest BCUT2D eigenvalue weighted by molar-refractivity contribution is -0.0665. The molecule has 2 aliphatic rings. The molecule has 106 valence electrons. The number of rotatable bonds is 6. The summed E-state index contributed by atoms with van der Waals surface area (Å²) in [7, 11) is 2.10. The molecule has 2 heteroatoms. The Morgan fingerprint density at radius 2 is 1.94 bits per heavy atom. The largest absolute Gasteiger partial charge is 0.372 e. The average Bonchev–Trinajstić information content (AvgIpc) is 2.78. The molecule has 0 amide bonds. The predicted octanol–water partition coefficient (Wildman–Crippen LogP) is 4.04. The maximum atomic E-state index is 6.44. The van der Waals surface area contributed by atoms with Crippen LogP contribution in [0.25, 0.3) is 0 Å². The van der Waals surface area contributed by atoms with Crippen molar-refractivity contribution in [3.63, 3.8) is 0 Å². The van der Waals surface area contributed by atoms with Crippen LogP contribution < -0.4 is 5.32 Å². The minimum Gasteiger partial charge on any atom is -0.372 e. The van der Waals surface area contributed by atoms with Gasteiger partial charge in [0, 0.05) is 6.04 Å². The molecular formula is C16H31NO. The van der Waals surface area contributed by atoms with E-state index in [2.05, 4.69) is 19.3 Å². The predicted molar refractivity (Wildman–Crippen MR) is 76.9 cm³/mol. The molecule has 18 heavy (non-hydrogen) atoms. The van der Waals surface area contributed by atoms with Gasteiger partial charge in [0.25, 0.3) is 0 Å². The van der Waals surface area contributed by atoms with E-state index in [0.717, 1.165) is 0 Å². The van der Waals surface area contributed by atoms with Crippen molar-refractivity contribution >= 4 is 0 Å². The third-order valence-electron chi connectivity index (χ3n) is 4.99. The maximum Gasteiger partial charge on any atom is 0.0687 e. The second kappa shape index (κ2) is 6.91. The summed E-state index contributed by atoms with van der Waals surface area (Å²) < 4.78 is 6.44. The van der Waals surface area contributed by atoms with Crippen molar-refractivity contribution in [2.45, 2.75) is 95.3 Å². The lowest BCUT2D eigenvalue weighted by atomic mass is 9.83. The molecule has 0 bridgehead atoms. The molecule has 1 N–H and O–H groups in total. The number of ether oxygens (including phenoxy) is 1. The van der Waals surface area contributed by atoms with Crippen molar-refractivity contribution in [3.8, 4) is 0 Å². The van der Waals surface area contributed by atoms with Gasteiger partial charge < -0.3 is 10.1 Å². The Morgan fingerprint density at radius 3 is 2.61 bits per heavy atom. The smallest absolute Gasteiger partial charge is 0.0687 e. The molecule has 2 atom stereocenters. The maximum absolute atomic E-state index is 6.44. The average molecular weight is 253 g/mol. The fourth-order valence-corrected chi connectivity index (χ4v) is 3.83. The van der Waals surface area contributed by atoms with E-state index in [0.29, 0.717) is 17.7 Å². The number of nitrogens with one attached hydrogen (secondary N) is 1. The Kier molecular flexibility index (Phi) is 5.50. The first-order valence-corrected chi connectivity index (χ1v) is 8.13. The topological polar surface area (TPSA) is 21.3 Å². The fourth-order valence-electron chi connectivity index (χ4n) is 3.83. The molecule has 0 aromatic rings. The first-order chi connectivity index (χ1) is 8.78. The van der Waals surface area contributed by atoms with Gasteiger partial charge in [-0.05, 0) is 52.0 Å². The monoisotopic (exact) mass is 253 g/mol. The molecule has 1 aliphatic heterocycles. The van der Waals surface area contributed by atoms with E-state index in [1.54, 1.807) is 0 Å². The molecule has 2 unspecified atom stereocenters. The van der Waals surface area contributed by atoms with Gasteiger partial charge in [0.05, 0.1) is 11.7 Å². The SMILES string of the molecule is CCCC(CCC1CCC2(CCCCC2)O1)NC. The minimum absolute atomic E-state index is 0.308. The molecule has 0 aromatic heterocycles. The summed E-state index contributed by atoms with van der Waals surface area (Å²) in [6, 6.07) is 0.696. The van der Waals surface area contributed by atoms with Crippen LogP contribution in [-0.2, 0) is 4.74 Å². The Morgan fingerprint density at radius 1 is 1.17 bits per heavy atom. The summed E-state index contributed by atoms with van der Waals surface area (Å²) in [4.78, 5) is 0. The van der Waals surface area contributed by atoms with Gasteiger partial charge in [-0.25, -0.2) is 0 Å². The van der Waals surface area contributed by atoms with Gasteiger partial charge >= 0.3 is 0 Å². The Bertz CT molecular complexity index is 235. The minimum atomic E-state index is 0.308. The molecular weight excluding hydrogens is 222 g/mol. The summed E-state index contributed by atoms with van der Waals surface area (Å²) >= 11 is 0. The van der Waals surface area contributed by atoms with Gasteiger partial charge in [-0.3, -0.25) is 0 Å².